The topological polar surface area (TPSA) is 29.3 Å². The van der Waals surface area contributed by atoms with E-state index in [1.165, 1.54) is 32.1 Å². The van der Waals surface area contributed by atoms with Crippen LogP contribution in [0.3, 0.4) is 0 Å². The van der Waals surface area contributed by atoms with Gasteiger partial charge in [0.2, 0.25) is 0 Å². The van der Waals surface area contributed by atoms with Crippen molar-refractivity contribution in [1.29, 1.82) is 0 Å². The van der Waals surface area contributed by atoms with E-state index in [0.717, 1.165) is 36.2 Å². The Labute approximate surface area is 114 Å². The summed E-state index contributed by atoms with van der Waals surface area (Å²) in [5.74, 6) is 1.52. The number of halogens is 1. The molecule has 1 aliphatic carbocycles. The molecule has 1 aromatic carbocycles. The van der Waals surface area contributed by atoms with Crippen molar-refractivity contribution < 1.29 is 4.39 Å². The summed E-state index contributed by atoms with van der Waals surface area (Å²) in [6, 6.07) is 5.27. The van der Waals surface area contributed by atoms with E-state index in [1.807, 2.05) is 6.07 Å². The number of nitrogens with two attached hydrogens (primary N) is 1. The van der Waals surface area contributed by atoms with Crippen LogP contribution in [0.2, 0.25) is 0 Å². The van der Waals surface area contributed by atoms with E-state index in [2.05, 4.69) is 4.90 Å². The maximum absolute atomic E-state index is 14.1. The summed E-state index contributed by atoms with van der Waals surface area (Å²) in [4.78, 5) is 2.24. The van der Waals surface area contributed by atoms with Crippen molar-refractivity contribution in [2.24, 2.45) is 17.6 Å². The Morgan fingerprint density at radius 3 is 2.74 bits per heavy atom. The Balaban J connectivity index is 1.83. The van der Waals surface area contributed by atoms with Gasteiger partial charge in [-0.3, -0.25) is 0 Å². The first kappa shape index (κ1) is 12.9. The lowest BCUT2D eigenvalue weighted by Crippen LogP contribution is -2.42. The quantitative estimate of drug-likeness (QED) is 0.886. The van der Waals surface area contributed by atoms with Crippen LogP contribution < -0.4 is 10.6 Å². The van der Waals surface area contributed by atoms with Gasteiger partial charge in [-0.25, -0.2) is 4.39 Å². The molecular formula is C16H23FN2. The molecule has 2 unspecified atom stereocenters. The second-order valence-electron chi connectivity index (χ2n) is 5.99. The number of piperidine rings is 1. The summed E-state index contributed by atoms with van der Waals surface area (Å²) in [5.41, 5.74) is 7.46. The predicted molar refractivity (Wildman–Crippen MR) is 76.6 cm³/mol. The fourth-order valence-corrected chi connectivity index (χ4v) is 3.88. The maximum Gasteiger partial charge on any atom is 0.146 e. The van der Waals surface area contributed by atoms with Crippen LogP contribution in [0, 0.1) is 17.7 Å². The lowest BCUT2D eigenvalue weighted by molar-refractivity contribution is 0.202. The fraction of sp³-hybridized carbons (Fsp3) is 0.625. The highest BCUT2D eigenvalue weighted by molar-refractivity contribution is 5.55. The van der Waals surface area contributed by atoms with Crippen LogP contribution >= 0.6 is 0 Å². The van der Waals surface area contributed by atoms with Crippen molar-refractivity contribution in [2.75, 3.05) is 18.0 Å². The molecule has 1 saturated heterocycles. The Kier molecular flexibility index (Phi) is 3.74. The van der Waals surface area contributed by atoms with Gasteiger partial charge in [0, 0.05) is 19.6 Å². The van der Waals surface area contributed by atoms with Gasteiger partial charge in [0.25, 0.3) is 0 Å². The molecule has 1 saturated carbocycles. The molecule has 1 aromatic rings. The van der Waals surface area contributed by atoms with E-state index >= 15 is 0 Å². The first-order valence-corrected chi connectivity index (χ1v) is 7.52. The lowest BCUT2D eigenvalue weighted by Gasteiger charge is -2.42. The van der Waals surface area contributed by atoms with Crippen LogP contribution in [0.15, 0.2) is 18.2 Å². The fourth-order valence-electron chi connectivity index (χ4n) is 3.88. The molecule has 19 heavy (non-hydrogen) atoms. The van der Waals surface area contributed by atoms with Crippen LogP contribution in [0.4, 0.5) is 10.1 Å². The minimum absolute atomic E-state index is 0.114. The van der Waals surface area contributed by atoms with Gasteiger partial charge in [-0.15, -0.1) is 0 Å². The Bertz CT molecular complexity index is 446. The molecule has 0 aromatic heterocycles. The summed E-state index contributed by atoms with van der Waals surface area (Å²) in [6.45, 7) is 2.41. The minimum atomic E-state index is -0.114. The molecule has 3 rings (SSSR count). The summed E-state index contributed by atoms with van der Waals surface area (Å²) >= 11 is 0. The molecular weight excluding hydrogens is 239 g/mol. The van der Waals surface area contributed by atoms with E-state index in [0.29, 0.717) is 6.54 Å². The molecule has 2 N–H and O–H groups in total. The lowest BCUT2D eigenvalue weighted by atomic mass is 9.75. The number of hydrogen-bond acceptors (Lipinski definition) is 2. The molecule has 0 amide bonds. The molecule has 1 aliphatic heterocycles. The van der Waals surface area contributed by atoms with Crippen molar-refractivity contribution in [3.05, 3.63) is 29.6 Å². The number of rotatable bonds is 2. The maximum atomic E-state index is 14.1. The number of anilines is 1. The normalized spacial score (nSPS) is 27.2. The number of para-hydroxylation sites is 1. The molecule has 0 bridgehead atoms. The van der Waals surface area contributed by atoms with Crippen molar-refractivity contribution in [1.82, 2.24) is 0 Å². The first-order valence-electron chi connectivity index (χ1n) is 7.52. The largest absolute Gasteiger partial charge is 0.369 e. The molecule has 2 atom stereocenters. The first-order chi connectivity index (χ1) is 9.29. The highest BCUT2D eigenvalue weighted by Gasteiger charge is 2.32. The highest BCUT2D eigenvalue weighted by Crippen LogP contribution is 2.38. The second kappa shape index (κ2) is 5.49. The molecule has 2 nitrogen and oxygen atoms in total. The average Bonchev–Trinajstić information content (AvgIpc) is 2.46. The van der Waals surface area contributed by atoms with E-state index in [1.54, 1.807) is 12.1 Å². The van der Waals surface area contributed by atoms with E-state index < -0.39 is 0 Å². The predicted octanol–water partition coefficient (Wildman–Crippen LogP) is 3.30. The van der Waals surface area contributed by atoms with Crippen molar-refractivity contribution in [2.45, 2.75) is 38.6 Å². The van der Waals surface area contributed by atoms with Gasteiger partial charge in [-0.1, -0.05) is 31.4 Å². The Morgan fingerprint density at radius 1 is 1.16 bits per heavy atom. The molecule has 104 valence electrons. The molecule has 0 spiro atoms. The van der Waals surface area contributed by atoms with Crippen LogP contribution in [0.1, 0.15) is 37.7 Å². The standard InChI is InChI=1S/C16H23FN2/c17-15-7-3-6-13(10-18)16(15)19-9-8-12-4-1-2-5-14(12)11-19/h3,6-7,12,14H,1-2,4-5,8-11,18H2. The summed E-state index contributed by atoms with van der Waals surface area (Å²) < 4.78 is 14.1. The molecule has 1 heterocycles. The van der Waals surface area contributed by atoms with Crippen LogP contribution in [0.5, 0.6) is 0 Å². The zero-order valence-corrected chi connectivity index (χ0v) is 11.4. The number of benzene rings is 1. The van der Waals surface area contributed by atoms with Gasteiger partial charge in [-0.05, 0) is 36.3 Å². The zero-order chi connectivity index (χ0) is 13.2. The monoisotopic (exact) mass is 262 g/mol. The number of hydrogen-bond donors (Lipinski definition) is 1. The van der Waals surface area contributed by atoms with Gasteiger partial charge in [0.05, 0.1) is 5.69 Å². The second-order valence-corrected chi connectivity index (χ2v) is 5.99. The number of fused-ring (bicyclic) bond motifs is 1. The van der Waals surface area contributed by atoms with Gasteiger partial charge in [0.1, 0.15) is 5.82 Å². The number of nitrogens with zero attached hydrogens (tertiary/aromatic N) is 1. The summed E-state index contributed by atoms with van der Waals surface area (Å²) in [5, 5.41) is 0. The van der Waals surface area contributed by atoms with E-state index in [9.17, 15) is 4.39 Å². The smallest absolute Gasteiger partial charge is 0.146 e. The van der Waals surface area contributed by atoms with Crippen LogP contribution in [-0.2, 0) is 6.54 Å². The van der Waals surface area contributed by atoms with Gasteiger partial charge in [0.15, 0.2) is 0 Å². The Morgan fingerprint density at radius 2 is 1.95 bits per heavy atom. The SMILES string of the molecule is NCc1cccc(F)c1N1CCC2CCCCC2C1. The van der Waals surface area contributed by atoms with Gasteiger partial charge in [-0.2, -0.15) is 0 Å². The minimum Gasteiger partial charge on any atom is -0.369 e. The summed E-state index contributed by atoms with van der Waals surface area (Å²) in [6.07, 6.45) is 6.63. The van der Waals surface area contributed by atoms with Crippen molar-refractivity contribution in [3.8, 4) is 0 Å². The van der Waals surface area contributed by atoms with Crippen LogP contribution in [-0.4, -0.2) is 13.1 Å². The average molecular weight is 262 g/mol. The highest BCUT2D eigenvalue weighted by atomic mass is 19.1. The molecule has 2 fully saturated rings. The Hall–Kier alpha value is -1.09. The van der Waals surface area contributed by atoms with Crippen LogP contribution in [0.25, 0.3) is 0 Å². The third-order valence-electron chi connectivity index (χ3n) is 4.90. The molecule has 2 aliphatic rings. The summed E-state index contributed by atoms with van der Waals surface area (Å²) in [7, 11) is 0. The third kappa shape index (κ3) is 2.48. The van der Waals surface area contributed by atoms with E-state index in [-0.39, 0.29) is 5.82 Å². The molecule has 0 radical (unpaired) electrons. The van der Waals surface area contributed by atoms with Gasteiger partial charge < -0.3 is 10.6 Å². The molecule has 3 heteroatoms. The van der Waals surface area contributed by atoms with Crippen molar-refractivity contribution >= 4 is 5.69 Å². The van der Waals surface area contributed by atoms with Crippen molar-refractivity contribution in [3.63, 3.8) is 0 Å². The third-order valence-corrected chi connectivity index (χ3v) is 4.90. The zero-order valence-electron chi connectivity index (χ0n) is 11.4. The van der Waals surface area contributed by atoms with E-state index in [4.69, 9.17) is 5.73 Å². The van der Waals surface area contributed by atoms with Gasteiger partial charge >= 0.3 is 0 Å².